The van der Waals surface area contributed by atoms with Gasteiger partial charge >= 0.3 is 0 Å². The molecule has 0 radical (unpaired) electrons. The van der Waals surface area contributed by atoms with E-state index in [2.05, 4.69) is 9.82 Å². The van der Waals surface area contributed by atoms with Crippen LogP contribution >= 0.6 is 0 Å². The lowest BCUT2D eigenvalue weighted by atomic mass is 10.1. The maximum absolute atomic E-state index is 12.7. The zero-order valence-electron chi connectivity index (χ0n) is 12.8. The molecule has 0 atom stereocenters. The van der Waals surface area contributed by atoms with E-state index in [9.17, 15) is 8.42 Å². The fraction of sp³-hybridized carbons (Fsp3) is 0.0588. The summed E-state index contributed by atoms with van der Waals surface area (Å²) < 4.78 is 29.5. The summed E-state index contributed by atoms with van der Waals surface area (Å²) in [6.07, 6.45) is 1.45. The predicted molar refractivity (Wildman–Crippen MR) is 90.6 cm³/mol. The van der Waals surface area contributed by atoms with Crippen molar-refractivity contribution in [1.82, 2.24) is 9.78 Å². The Morgan fingerprint density at radius 2 is 1.75 bits per heavy atom. The van der Waals surface area contributed by atoms with Crippen molar-refractivity contribution in [2.45, 2.75) is 4.90 Å². The van der Waals surface area contributed by atoms with Crippen LogP contribution < -0.4 is 4.72 Å². The summed E-state index contributed by atoms with van der Waals surface area (Å²) in [6.45, 7) is 0. The molecule has 2 aromatic carbocycles. The van der Waals surface area contributed by atoms with Crippen LogP contribution in [0.4, 0.5) is 5.69 Å². The average Bonchev–Trinajstić information content (AvgIpc) is 2.95. The maximum atomic E-state index is 12.7. The standard InChI is InChI=1S/C17H14N4O2S/c1-21-17(13-7-3-2-4-8-13)15(12-19-21)20-24(22,23)16-10-6-5-9-14(16)11-18/h2-10,12,20H,1H3. The van der Waals surface area contributed by atoms with Crippen LogP contribution in [0.1, 0.15) is 5.56 Å². The number of benzene rings is 2. The Morgan fingerprint density at radius 3 is 2.46 bits per heavy atom. The van der Waals surface area contributed by atoms with E-state index in [-0.39, 0.29) is 10.5 Å². The number of hydrogen-bond donors (Lipinski definition) is 1. The Balaban J connectivity index is 2.05. The molecule has 24 heavy (non-hydrogen) atoms. The number of nitriles is 1. The van der Waals surface area contributed by atoms with Crippen LogP contribution in [0.15, 0.2) is 65.7 Å². The van der Waals surface area contributed by atoms with Crippen molar-refractivity contribution in [2.75, 3.05) is 4.72 Å². The van der Waals surface area contributed by atoms with Gasteiger partial charge in [-0.05, 0) is 12.1 Å². The van der Waals surface area contributed by atoms with Crippen LogP contribution in [-0.4, -0.2) is 18.2 Å². The monoisotopic (exact) mass is 338 g/mol. The third-order valence-corrected chi connectivity index (χ3v) is 4.95. The Bertz CT molecular complexity index is 1020. The Labute approximate surface area is 140 Å². The van der Waals surface area contributed by atoms with Crippen LogP contribution in [-0.2, 0) is 17.1 Å². The van der Waals surface area contributed by atoms with Gasteiger partial charge in [-0.2, -0.15) is 10.4 Å². The van der Waals surface area contributed by atoms with E-state index in [0.717, 1.165) is 5.56 Å². The number of aromatic nitrogens is 2. The highest BCUT2D eigenvalue weighted by molar-refractivity contribution is 7.92. The van der Waals surface area contributed by atoms with Crippen molar-refractivity contribution in [3.8, 4) is 17.3 Å². The second kappa shape index (κ2) is 6.18. The van der Waals surface area contributed by atoms with Gasteiger partial charge in [-0.25, -0.2) is 8.42 Å². The van der Waals surface area contributed by atoms with Crippen molar-refractivity contribution >= 4 is 15.7 Å². The van der Waals surface area contributed by atoms with Gasteiger partial charge in [-0.1, -0.05) is 42.5 Å². The van der Waals surface area contributed by atoms with Crippen LogP contribution in [0.25, 0.3) is 11.3 Å². The highest BCUT2D eigenvalue weighted by atomic mass is 32.2. The Morgan fingerprint density at radius 1 is 1.08 bits per heavy atom. The largest absolute Gasteiger partial charge is 0.276 e. The van der Waals surface area contributed by atoms with Crippen molar-refractivity contribution in [2.24, 2.45) is 7.05 Å². The Hall–Kier alpha value is -3.11. The molecule has 1 aromatic heterocycles. The summed E-state index contributed by atoms with van der Waals surface area (Å²) in [7, 11) is -2.16. The summed E-state index contributed by atoms with van der Waals surface area (Å²) in [5.74, 6) is 0. The summed E-state index contributed by atoms with van der Waals surface area (Å²) in [5, 5.41) is 13.3. The molecule has 3 rings (SSSR count). The van der Waals surface area contributed by atoms with Gasteiger partial charge in [0.1, 0.15) is 11.0 Å². The first kappa shape index (κ1) is 15.8. The molecule has 7 heteroatoms. The van der Waals surface area contributed by atoms with Crippen LogP contribution in [0, 0.1) is 11.3 Å². The summed E-state index contributed by atoms with van der Waals surface area (Å²) in [5.41, 5.74) is 1.93. The van der Waals surface area contributed by atoms with Gasteiger partial charge in [-0.15, -0.1) is 0 Å². The second-order valence-corrected chi connectivity index (χ2v) is 6.76. The molecule has 1 heterocycles. The quantitative estimate of drug-likeness (QED) is 0.792. The first-order chi connectivity index (χ1) is 11.5. The third-order valence-electron chi connectivity index (χ3n) is 3.53. The molecule has 1 N–H and O–H groups in total. The molecule has 0 saturated carbocycles. The number of aryl methyl sites for hydroxylation is 1. The molecule has 0 amide bonds. The molecule has 0 aliphatic heterocycles. The second-order valence-electron chi connectivity index (χ2n) is 5.11. The van der Waals surface area contributed by atoms with Gasteiger partial charge in [0.2, 0.25) is 0 Å². The van der Waals surface area contributed by atoms with Gasteiger partial charge in [-0.3, -0.25) is 9.40 Å². The minimum Gasteiger partial charge on any atom is -0.276 e. The van der Waals surface area contributed by atoms with Crippen molar-refractivity contribution in [3.05, 3.63) is 66.4 Å². The summed E-state index contributed by atoms with van der Waals surface area (Å²) in [6, 6.07) is 17.3. The van der Waals surface area contributed by atoms with E-state index in [1.54, 1.807) is 23.9 Å². The van der Waals surface area contributed by atoms with Crippen LogP contribution in [0.2, 0.25) is 0 Å². The Kier molecular flexibility index (Phi) is 4.06. The maximum Gasteiger partial charge on any atom is 0.263 e. The van der Waals surface area contributed by atoms with Gasteiger partial charge in [0.05, 0.1) is 23.1 Å². The number of hydrogen-bond acceptors (Lipinski definition) is 4. The fourth-order valence-corrected chi connectivity index (χ4v) is 3.65. The number of sulfonamides is 1. The minimum absolute atomic E-state index is 0.0598. The lowest BCUT2D eigenvalue weighted by Gasteiger charge is -2.10. The minimum atomic E-state index is -3.90. The normalized spacial score (nSPS) is 11.0. The fourth-order valence-electron chi connectivity index (χ4n) is 2.44. The smallest absolute Gasteiger partial charge is 0.263 e. The summed E-state index contributed by atoms with van der Waals surface area (Å²) >= 11 is 0. The summed E-state index contributed by atoms with van der Waals surface area (Å²) in [4.78, 5) is -0.0598. The van der Waals surface area contributed by atoms with Gasteiger partial charge < -0.3 is 0 Å². The molecule has 0 bridgehead atoms. The lowest BCUT2D eigenvalue weighted by molar-refractivity contribution is 0.601. The van der Waals surface area contributed by atoms with Crippen molar-refractivity contribution in [1.29, 1.82) is 5.26 Å². The highest BCUT2D eigenvalue weighted by Crippen LogP contribution is 2.29. The molecule has 120 valence electrons. The zero-order valence-corrected chi connectivity index (χ0v) is 13.7. The molecule has 0 saturated heterocycles. The lowest BCUT2D eigenvalue weighted by Crippen LogP contribution is -2.14. The molecule has 6 nitrogen and oxygen atoms in total. The molecule has 0 fully saturated rings. The molecule has 3 aromatic rings. The SMILES string of the molecule is Cn1ncc(NS(=O)(=O)c2ccccc2C#N)c1-c1ccccc1. The van der Waals surface area contributed by atoms with E-state index in [4.69, 9.17) is 5.26 Å². The van der Waals surface area contributed by atoms with E-state index in [1.165, 1.54) is 18.3 Å². The van der Waals surface area contributed by atoms with Gasteiger partial charge in [0.15, 0.2) is 0 Å². The molecule has 0 spiro atoms. The average molecular weight is 338 g/mol. The molecular weight excluding hydrogens is 324 g/mol. The topological polar surface area (TPSA) is 87.8 Å². The van der Waals surface area contributed by atoms with Crippen LogP contribution in [0.5, 0.6) is 0 Å². The van der Waals surface area contributed by atoms with E-state index in [0.29, 0.717) is 11.4 Å². The number of nitrogens with one attached hydrogen (secondary N) is 1. The van der Waals surface area contributed by atoms with E-state index in [1.807, 2.05) is 36.4 Å². The van der Waals surface area contributed by atoms with Gasteiger partial charge in [0.25, 0.3) is 10.0 Å². The molecule has 0 unspecified atom stereocenters. The van der Waals surface area contributed by atoms with Crippen LogP contribution in [0.3, 0.4) is 0 Å². The molecule has 0 aliphatic rings. The van der Waals surface area contributed by atoms with E-state index < -0.39 is 10.0 Å². The zero-order chi connectivity index (χ0) is 17.2. The first-order valence-electron chi connectivity index (χ1n) is 7.12. The highest BCUT2D eigenvalue weighted by Gasteiger charge is 2.21. The number of rotatable bonds is 4. The van der Waals surface area contributed by atoms with Gasteiger partial charge in [0, 0.05) is 12.6 Å². The molecular formula is C17H14N4O2S. The number of anilines is 1. The predicted octanol–water partition coefficient (Wildman–Crippen LogP) is 2.76. The van der Waals surface area contributed by atoms with Crippen molar-refractivity contribution in [3.63, 3.8) is 0 Å². The van der Waals surface area contributed by atoms with E-state index >= 15 is 0 Å². The third kappa shape index (κ3) is 2.87. The first-order valence-corrected chi connectivity index (χ1v) is 8.60. The van der Waals surface area contributed by atoms with Crippen molar-refractivity contribution < 1.29 is 8.42 Å². The molecule has 0 aliphatic carbocycles. The number of nitrogens with zero attached hydrogens (tertiary/aromatic N) is 3.